The smallest absolute Gasteiger partial charge is 0.0780 e. The highest BCUT2D eigenvalue weighted by atomic mass is 16.3. The van der Waals surface area contributed by atoms with Gasteiger partial charge in [-0.3, -0.25) is 0 Å². The molecule has 0 aliphatic heterocycles. The van der Waals surface area contributed by atoms with Crippen LogP contribution >= 0.6 is 0 Å². The van der Waals surface area contributed by atoms with Crippen molar-refractivity contribution in [3.05, 3.63) is 29.8 Å². The summed E-state index contributed by atoms with van der Waals surface area (Å²) in [4.78, 5) is 0. The number of nitrogens with zero attached hydrogens (tertiary/aromatic N) is 1. The van der Waals surface area contributed by atoms with E-state index in [-0.39, 0.29) is 5.75 Å². The quantitative estimate of drug-likeness (QED) is 0.0635. The van der Waals surface area contributed by atoms with Crippen LogP contribution in [0.2, 0.25) is 0 Å². The molecule has 2 nitrogen and oxygen atoms in total. The molecule has 0 spiro atoms. The van der Waals surface area contributed by atoms with Gasteiger partial charge in [-0.15, -0.1) is 5.75 Å². The van der Waals surface area contributed by atoms with Crippen LogP contribution in [0.3, 0.4) is 0 Å². The average Bonchev–Trinajstić information content (AvgIpc) is 2.98. The van der Waals surface area contributed by atoms with Crippen molar-refractivity contribution in [3.63, 3.8) is 0 Å². The van der Waals surface area contributed by atoms with Gasteiger partial charge >= 0.3 is 0 Å². The summed E-state index contributed by atoms with van der Waals surface area (Å²) in [5, 5.41) is 11.6. The second-order valence-corrected chi connectivity index (χ2v) is 14.6. The Kier molecular flexibility index (Phi) is 31.6. The van der Waals surface area contributed by atoms with Crippen LogP contribution in [0.25, 0.3) is 0 Å². The van der Waals surface area contributed by atoms with Gasteiger partial charge in [0.15, 0.2) is 0 Å². The molecule has 0 saturated heterocycles. The molecular formula is C41H79NO. The van der Waals surface area contributed by atoms with Crippen LogP contribution in [0.15, 0.2) is 24.3 Å². The van der Waals surface area contributed by atoms with Crippen LogP contribution in [-0.4, -0.2) is 32.2 Å². The molecule has 254 valence electrons. The lowest BCUT2D eigenvalue weighted by molar-refractivity contribution is -0.870. The van der Waals surface area contributed by atoms with Crippen molar-refractivity contribution >= 4 is 0 Å². The molecule has 0 N–H and O–H groups in total. The first kappa shape index (κ1) is 42.0. The summed E-state index contributed by atoms with van der Waals surface area (Å²) in [6.07, 6.45) is 40.7. The van der Waals surface area contributed by atoms with Crippen LogP contribution in [0, 0.1) is 0 Å². The van der Waals surface area contributed by atoms with Crippen LogP contribution in [-0.2, 0) is 6.42 Å². The van der Waals surface area contributed by atoms with Crippen molar-refractivity contribution in [2.75, 3.05) is 27.7 Å². The van der Waals surface area contributed by atoms with Gasteiger partial charge in [0, 0.05) is 0 Å². The zero-order chi connectivity index (χ0) is 31.7. The van der Waals surface area contributed by atoms with Gasteiger partial charge in [0.25, 0.3) is 0 Å². The van der Waals surface area contributed by atoms with Gasteiger partial charge in [0.05, 0.1) is 27.7 Å². The average molecular weight is 602 g/mol. The summed E-state index contributed by atoms with van der Waals surface area (Å²) in [6.45, 7) is 5.91. The summed E-state index contributed by atoms with van der Waals surface area (Å²) < 4.78 is 1.12. The van der Waals surface area contributed by atoms with E-state index >= 15 is 0 Å². The maximum atomic E-state index is 11.6. The molecule has 0 heterocycles. The van der Waals surface area contributed by atoms with Gasteiger partial charge in [-0.1, -0.05) is 204 Å². The van der Waals surface area contributed by atoms with Gasteiger partial charge in [-0.05, 0) is 25.7 Å². The van der Waals surface area contributed by atoms with Crippen LogP contribution in [0.4, 0.5) is 0 Å². The van der Waals surface area contributed by atoms with E-state index in [9.17, 15) is 5.11 Å². The molecule has 0 bridgehead atoms. The van der Waals surface area contributed by atoms with Crippen LogP contribution in [0.1, 0.15) is 199 Å². The van der Waals surface area contributed by atoms with Crippen molar-refractivity contribution < 1.29 is 9.59 Å². The summed E-state index contributed by atoms with van der Waals surface area (Å²) in [6, 6.07) is 7.46. The first-order chi connectivity index (χ1) is 20.9. The highest BCUT2D eigenvalue weighted by Gasteiger charge is 2.05. The van der Waals surface area contributed by atoms with Gasteiger partial charge in [-0.25, -0.2) is 0 Å². The molecule has 0 fully saturated rings. The van der Waals surface area contributed by atoms with E-state index in [1.165, 1.54) is 180 Å². The molecule has 0 aliphatic rings. The number of para-hydroxylation sites is 1. The van der Waals surface area contributed by atoms with E-state index in [1.807, 2.05) is 18.2 Å². The molecule has 0 radical (unpaired) electrons. The number of hydrogen-bond donors (Lipinski definition) is 0. The molecule has 0 atom stereocenters. The van der Waals surface area contributed by atoms with E-state index < -0.39 is 0 Å². The van der Waals surface area contributed by atoms with Gasteiger partial charge < -0.3 is 9.59 Å². The first-order valence-electron chi connectivity index (χ1n) is 19.5. The van der Waals surface area contributed by atoms with Gasteiger partial charge in [0.2, 0.25) is 0 Å². The van der Waals surface area contributed by atoms with E-state index in [4.69, 9.17) is 0 Å². The van der Waals surface area contributed by atoms with E-state index in [1.54, 1.807) is 6.07 Å². The number of rotatable bonds is 30. The lowest BCUT2D eigenvalue weighted by atomic mass is 10.0. The monoisotopic (exact) mass is 602 g/mol. The number of hydrogen-bond acceptors (Lipinski definition) is 1. The Balaban J connectivity index is 0.000000830. The standard InChI is InChI=1S/C22H38O.C19H42N/c1-2-3-4-5-6-7-8-9-10-11-12-13-14-15-18-21-19-16-17-20-22(21)23;1-5-6-7-8-9-10-11-12-13-14-15-16-17-18-19-20(2,3)4/h16-17,19-20,23H,2-15,18H2,1H3;5-19H2,1-4H3/q;+1/p-1. The number of unbranched alkanes of at least 4 members (excludes halogenated alkanes) is 26. The summed E-state index contributed by atoms with van der Waals surface area (Å²) in [7, 11) is 6.88. The molecule has 1 aromatic carbocycles. The van der Waals surface area contributed by atoms with Crippen molar-refractivity contribution in [2.24, 2.45) is 0 Å². The molecule has 0 amide bonds. The van der Waals surface area contributed by atoms with Crippen molar-refractivity contribution in [2.45, 2.75) is 200 Å². The highest BCUT2D eigenvalue weighted by molar-refractivity contribution is 5.30. The second-order valence-electron chi connectivity index (χ2n) is 14.6. The minimum Gasteiger partial charge on any atom is -0.872 e. The molecule has 1 aromatic rings. The second kappa shape index (κ2) is 32.4. The number of quaternary nitrogens is 1. The van der Waals surface area contributed by atoms with Crippen LogP contribution < -0.4 is 5.11 Å². The fraction of sp³-hybridized carbons (Fsp3) is 0.854. The fourth-order valence-corrected chi connectivity index (χ4v) is 6.00. The van der Waals surface area contributed by atoms with Crippen LogP contribution in [0.5, 0.6) is 5.75 Å². The van der Waals surface area contributed by atoms with Crippen molar-refractivity contribution in [3.8, 4) is 5.75 Å². The predicted molar refractivity (Wildman–Crippen MR) is 193 cm³/mol. The zero-order valence-corrected chi connectivity index (χ0v) is 30.4. The lowest BCUT2D eigenvalue weighted by Gasteiger charge is -2.23. The summed E-state index contributed by atoms with van der Waals surface area (Å²) >= 11 is 0. The highest BCUT2D eigenvalue weighted by Crippen LogP contribution is 2.17. The predicted octanol–water partition coefficient (Wildman–Crippen LogP) is 13.0. The van der Waals surface area contributed by atoms with E-state index in [2.05, 4.69) is 35.0 Å². The van der Waals surface area contributed by atoms with Crippen molar-refractivity contribution in [1.82, 2.24) is 0 Å². The minimum atomic E-state index is 0.210. The molecule has 0 unspecified atom stereocenters. The van der Waals surface area contributed by atoms with E-state index in [0.717, 1.165) is 22.9 Å². The normalized spacial score (nSPS) is 11.5. The fourth-order valence-electron chi connectivity index (χ4n) is 6.00. The molecule has 0 saturated carbocycles. The van der Waals surface area contributed by atoms with Gasteiger partial charge in [0.1, 0.15) is 0 Å². The maximum Gasteiger partial charge on any atom is 0.0780 e. The summed E-state index contributed by atoms with van der Waals surface area (Å²) in [5.41, 5.74) is 0.992. The Morgan fingerprint density at radius 2 is 0.721 bits per heavy atom. The third kappa shape index (κ3) is 33.7. The Morgan fingerprint density at radius 1 is 0.419 bits per heavy atom. The zero-order valence-electron chi connectivity index (χ0n) is 30.4. The summed E-state index contributed by atoms with van der Waals surface area (Å²) in [5.74, 6) is 0.210. The number of benzene rings is 1. The Hall–Kier alpha value is -1.02. The largest absolute Gasteiger partial charge is 0.872 e. The molecule has 43 heavy (non-hydrogen) atoms. The third-order valence-corrected chi connectivity index (χ3v) is 8.95. The Morgan fingerprint density at radius 3 is 1.05 bits per heavy atom. The topological polar surface area (TPSA) is 23.1 Å². The van der Waals surface area contributed by atoms with E-state index in [0.29, 0.717) is 0 Å². The molecule has 0 aliphatic carbocycles. The maximum absolute atomic E-state index is 11.6. The first-order valence-corrected chi connectivity index (χ1v) is 19.5. The lowest BCUT2D eigenvalue weighted by Crippen LogP contribution is -2.35. The Labute approximate surface area is 272 Å². The number of aryl methyl sites for hydroxylation is 1. The molecule has 0 aromatic heterocycles. The molecule has 2 heteroatoms. The van der Waals surface area contributed by atoms with Gasteiger partial charge in [-0.2, -0.15) is 0 Å². The Bertz CT molecular complexity index is 664. The minimum absolute atomic E-state index is 0.210. The molecular weight excluding hydrogens is 522 g/mol. The van der Waals surface area contributed by atoms with Crippen molar-refractivity contribution in [1.29, 1.82) is 0 Å². The molecule has 1 rings (SSSR count). The SMILES string of the molecule is CCCCCCCCCCCCCCCC[N+](C)(C)C.CCCCCCCCCCCCCCCCc1ccccc1[O-]. The third-order valence-electron chi connectivity index (χ3n) is 8.95.